The Kier molecular flexibility index (Phi) is 3.83. The van der Waals surface area contributed by atoms with Crippen molar-refractivity contribution in [1.29, 1.82) is 0 Å². The van der Waals surface area contributed by atoms with Crippen molar-refractivity contribution in [3.8, 4) is 0 Å². The number of rotatable bonds is 4. The van der Waals surface area contributed by atoms with Crippen LogP contribution >= 0.6 is 0 Å². The molecule has 2 heteroatoms. The molecule has 0 spiro atoms. The van der Waals surface area contributed by atoms with E-state index in [0.717, 1.165) is 6.42 Å². The lowest BCUT2D eigenvalue weighted by Crippen LogP contribution is -2.36. The maximum Gasteiger partial charge on any atom is 0.0482 e. The van der Waals surface area contributed by atoms with E-state index in [1.54, 1.807) is 0 Å². The van der Waals surface area contributed by atoms with Gasteiger partial charge in [-0.2, -0.15) is 0 Å². The number of hydrogen-bond donors (Lipinski definition) is 1. The average Bonchev–Trinajstić information content (AvgIpc) is 2.93. The van der Waals surface area contributed by atoms with E-state index in [1.807, 2.05) is 6.20 Å². The lowest BCUT2D eigenvalue weighted by Gasteiger charge is -2.29. The summed E-state index contributed by atoms with van der Waals surface area (Å²) >= 11 is 0. The molecule has 1 heterocycles. The standard InChI is InChI=1S/C18H22N2/c1-13(14-7-4-3-5-8-14)17(19-2)16-11-10-15-9-6-12-20-18(15)16/h3-9,12-13,16-17,19H,10-11H2,1-2H3. The molecule has 1 aliphatic rings. The van der Waals surface area contributed by atoms with Crippen LogP contribution in [0, 0.1) is 0 Å². The van der Waals surface area contributed by atoms with Gasteiger partial charge in [0.15, 0.2) is 0 Å². The number of aromatic nitrogens is 1. The van der Waals surface area contributed by atoms with E-state index in [4.69, 9.17) is 0 Å². The molecule has 3 atom stereocenters. The van der Waals surface area contributed by atoms with E-state index >= 15 is 0 Å². The van der Waals surface area contributed by atoms with Gasteiger partial charge < -0.3 is 5.32 Å². The van der Waals surface area contributed by atoms with Crippen LogP contribution in [-0.4, -0.2) is 18.1 Å². The molecule has 0 radical (unpaired) electrons. The van der Waals surface area contributed by atoms with Gasteiger partial charge in [-0.3, -0.25) is 4.98 Å². The van der Waals surface area contributed by atoms with E-state index in [9.17, 15) is 0 Å². The molecule has 1 aliphatic carbocycles. The maximum absolute atomic E-state index is 4.65. The van der Waals surface area contributed by atoms with Gasteiger partial charge in [-0.25, -0.2) is 0 Å². The zero-order valence-corrected chi connectivity index (χ0v) is 12.2. The summed E-state index contributed by atoms with van der Waals surface area (Å²) in [6.45, 7) is 2.32. The Hall–Kier alpha value is -1.67. The number of aryl methyl sites for hydroxylation is 1. The largest absolute Gasteiger partial charge is 0.316 e. The molecule has 1 N–H and O–H groups in total. The van der Waals surface area contributed by atoms with Crippen LogP contribution in [0.25, 0.3) is 0 Å². The molecule has 104 valence electrons. The fraction of sp³-hybridized carbons (Fsp3) is 0.389. The Morgan fingerprint density at radius 1 is 1.15 bits per heavy atom. The predicted octanol–water partition coefficient (Wildman–Crippen LogP) is 3.50. The molecule has 0 saturated heterocycles. The minimum atomic E-state index is 0.438. The van der Waals surface area contributed by atoms with Crippen LogP contribution < -0.4 is 5.32 Å². The van der Waals surface area contributed by atoms with E-state index in [1.165, 1.54) is 23.2 Å². The second-order valence-electron chi connectivity index (χ2n) is 5.71. The lowest BCUT2D eigenvalue weighted by atomic mass is 9.83. The highest BCUT2D eigenvalue weighted by Crippen LogP contribution is 2.38. The molecule has 20 heavy (non-hydrogen) atoms. The van der Waals surface area contributed by atoms with Gasteiger partial charge in [-0.1, -0.05) is 43.3 Å². The summed E-state index contributed by atoms with van der Waals surface area (Å²) in [4.78, 5) is 4.65. The van der Waals surface area contributed by atoms with E-state index in [-0.39, 0.29) is 0 Å². The first-order valence-electron chi connectivity index (χ1n) is 7.47. The van der Waals surface area contributed by atoms with Gasteiger partial charge in [0.2, 0.25) is 0 Å². The number of nitrogens with one attached hydrogen (secondary N) is 1. The topological polar surface area (TPSA) is 24.9 Å². The molecule has 1 aromatic heterocycles. The molecular formula is C18H22N2. The predicted molar refractivity (Wildman–Crippen MR) is 83.0 cm³/mol. The van der Waals surface area contributed by atoms with E-state index in [2.05, 4.69) is 66.7 Å². The van der Waals surface area contributed by atoms with Crippen LogP contribution in [0.2, 0.25) is 0 Å². The van der Waals surface area contributed by atoms with Crippen molar-refractivity contribution >= 4 is 0 Å². The van der Waals surface area contributed by atoms with Crippen LogP contribution in [0.4, 0.5) is 0 Å². The Balaban J connectivity index is 1.88. The molecule has 0 amide bonds. The molecule has 1 aromatic carbocycles. The molecule has 0 fully saturated rings. The summed E-state index contributed by atoms with van der Waals surface area (Å²) in [5.41, 5.74) is 4.13. The van der Waals surface area contributed by atoms with Gasteiger partial charge in [0.1, 0.15) is 0 Å². The summed E-state index contributed by atoms with van der Waals surface area (Å²) in [7, 11) is 2.07. The van der Waals surface area contributed by atoms with Crippen molar-refractivity contribution in [2.24, 2.45) is 0 Å². The van der Waals surface area contributed by atoms with Crippen molar-refractivity contribution in [1.82, 2.24) is 10.3 Å². The van der Waals surface area contributed by atoms with Crippen LogP contribution in [0.1, 0.15) is 42.0 Å². The lowest BCUT2D eigenvalue weighted by molar-refractivity contribution is 0.400. The van der Waals surface area contributed by atoms with Gasteiger partial charge in [0.25, 0.3) is 0 Å². The number of hydrogen-bond acceptors (Lipinski definition) is 2. The highest BCUT2D eigenvalue weighted by molar-refractivity contribution is 5.32. The van der Waals surface area contributed by atoms with Crippen molar-refractivity contribution in [2.75, 3.05) is 7.05 Å². The van der Waals surface area contributed by atoms with Crippen molar-refractivity contribution in [3.63, 3.8) is 0 Å². The Morgan fingerprint density at radius 2 is 1.95 bits per heavy atom. The monoisotopic (exact) mass is 266 g/mol. The number of nitrogens with zero attached hydrogens (tertiary/aromatic N) is 1. The molecule has 0 saturated carbocycles. The van der Waals surface area contributed by atoms with Gasteiger partial charge in [-0.05, 0) is 43.0 Å². The highest BCUT2D eigenvalue weighted by Gasteiger charge is 2.33. The minimum Gasteiger partial charge on any atom is -0.316 e. The minimum absolute atomic E-state index is 0.438. The van der Waals surface area contributed by atoms with Crippen LogP contribution in [-0.2, 0) is 6.42 Å². The third-order valence-electron chi connectivity index (χ3n) is 4.63. The third-order valence-corrected chi connectivity index (χ3v) is 4.63. The normalized spacial score (nSPS) is 20.4. The third kappa shape index (κ3) is 2.36. The number of benzene rings is 1. The Morgan fingerprint density at radius 3 is 2.70 bits per heavy atom. The SMILES string of the molecule is CNC(C(C)c1ccccc1)C1CCc2cccnc21. The van der Waals surface area contributed by atoms with E-state index < -0.39 is 0 Å². The fourth-order valence-corrected chi connectivity index (χ4v) is 3.56. The quantitative estimate of drug-likeness (QED) is 0.916. The van der Waals surface area contributed by atoms with Crippen molar-refractivity contribution in [3.05, 3.63) is 65.5 Å². The molecule has 2 nitrogen and oxygen atoms in total. The second kappa shape index (κ2) is 5.76. The maximum atomic E-state index is 4.65. The number of fused-ring (bicyclic) bond motifs is 1. The first kappa shape index (κ1) is 13.3. The molecule has 3 unspecified atom stereocenters. The van der Waals surface area contributed by atoms with Gasteiger partial charge in [0.05, 0.1) is 0 Å². The summed E-state index contributed by atoms with van der Waals surface area (Å²) in [5.74, 6) is 1.01. The molecule has 2 aromatic rings. The summed E-state index contributed by atoms with van der Waals surface area (Å²) in [6.07, 6.45) is 4.29. The first-order valence-corrected chi connectivity index (χ1v) is 7.47. The zero-order chi connectivity index (χ0) is 13.9. The number of likely N-dealkylation sites (N-methyl/N-ethyl adjacent to an activating group) is 1. The van der Waals surface area contributed by atoms with Crippen LogP contribution in [0.5, 0.6) is 0 Å². The van der Waals surface area contributed by atoms with Crippen LogP contribution in [0.3, 0.4) is 0 Å². The summed E-state index contributed by atoms with van der Waals surface area (Å²) < 4.78 is 0. The van der Waals surface area contributed by atoms with Gasteiger partial charge in [-0.15, -0.1) is 0 Å². The van der Waals surface area contributed by atoms with Crippen molar-refractivity contribution in [2.45, 2.75) is 37.6 Å². The fourth-order valence-electron chi connectivity index (χ4n) is 3.56. The molecule has 3 rings (SSSR count). The van der Waals surface area contributed by atoms with Gasteiger partial charge in [0, 0.05) is 23.9 Å². The van der Waals surface area contributed by atoms with Crippen LogP contribution in [0.15, 0.2) is 48.7 Å². The first-order chi connectivity index (χ1) is 9.81. The smallest absolute Gasteiger partial charge is 0.0482 e. The Bertz CT molecular complexity index is 565. The molecule has 0 aliphatic heterocycles. The number of pyridine rings is 1. The van der Waals surface area contributed by atoms with E-state index in [0.29, 0.717) is 17.9 Å². The van der Waals surface area contributed by atoms with Crippen molar-refractivity contribution < 1.29 is 0 Å². The summed E-state index contributed by atoms with van der Waals surface area (Å²) in [5, 5.41) is 3.54. The van der Waals surface area contributed by atoms with Gasteiger partial charge >= 0.3 is 0 Å². The molecular weight excluding hydrogens is 244 g/mol. The summed E-state index contributed by atoms with van der Waals surface area (Å²) in [6, 6.07) is 15.5. The Labute approximate surface area is 121 Å². The highest BCUT2D eigenvalue weighted by atomic mass is 14.9. The second-order valence-corrected chi connectivity index (χ2v) is 5.71. The average molecular weight is 266 g/mol. The zero-order valence-electron chi connectivity index (χ0n) is 12.2. The molecule has 0 bridgehead atoms.